The number of Topliss-reactive ketones (excluding diaryl/α,β-unsaturated/α-hetero) is 3. The van der Waals surface area contributed by atoms with Gasteiger partial charge in [-0.2, -0.15) is 0 Å². The summed E-state index contributed by atoms with van der Waals surface area (Å²) in [5.41, 5.74) is 3.43. The summed E-state index contributed by atoms with van der Waals surface area (Å²) >= 11 is 0. The lowest BCUT2D eigenvalue weighted by Gasteiger charge is -2.40. The van der Waals surface area contributed by atoms with E-state index < -0.39 is 5.92 Å². The van der Waals surface area contributed by atoms with Gasteiger partial charge >= 0.3 is 0 Å². The molecule has 2 aliphatic carbocycles. The van der Waals surface area contributed by atoms with E-state index in [1.807, 2.05) is 30.3 Å². The topological polar surface area (TPSA) is 63.2 Å². The van der Waals surface area contributed by atoms with Crippen LogP contribution in [0.15, 0.2) is 65.0 Å². The minimum atomic E-state index is -0.520. The van der Waals surface area contributed by atoms with Crippen LogP contribution in [0.2, 0.25) is 0 Å². The van der Waals surface area contributed by atoms with Gasteiger partial charge < -0.3 is 5.32 Å². The van der Waals surface area contributed by atoms with Gasteiger partial charge in [0.1, 0.15) is 0 Å². The van der Waals surface area contributed by atoms with Crippen LogP contribution in [0.4, 0.5) is 0 Å². The number of hydrogen-bond acceptors (Lipinski definition) is 4. The predicted octanol–water partition coefficient (Wildman–Crippen LogP) is 4.93. The first-order valence-electron chi connectivity index (χ1n) is 10.9. The zero-order chi connectivity index (χ0) is 21.5. The van der Waals surface area contributed by atoms with E-state index in [9.17, 15) is 14.4 Å². The van der Waals surface area contributed by atoms with Crippen molar-refractivity contribution in [1.29, 1.82) is 0 Å². The highest BCUT2D eigenvalue weighted by atomic mass is 16.1. The highest BCUT2D eigenvalue weighted by Gasteiger charge is 2.44. The van der Waals surface area contributed by atoms with Crippen LogP contribution in [0.3, 0.4) is 0 Å². The van der Waals surface area contributed by atoms with Gasteiger partial charge in [-0.05, 0) is 42.2 Å². The van der Waals surface area contributed by atoms with Crippen LogP contribution < -0.4 is 5.32 Å². The normalized spacial score (nSPS) is 24.9. The minimum Gasteiger partial charge on any atom is -0.355 e. The molecule has 0 aromatic heterocycles. The Morgan fingerprint density at radius 1 is 0.900 bits per heavy atom. The fourth-order valence-electron chi connectivity index (χ4n) is 4.96. The molecular weight excluding hydrogens is 374 g/mol. The second kappa shape index (κ2) is 7.82. The third-order valence-corrected chi connectivity index (χ3v) is 6.40. The molecule has 0 bridgehead atoms. The first kappa shape index (κ1) is 20.5. The molecule has 4 nitrogen and oxygen atoms in total. The maximum atomic E-state index is 13.6. The summed E-state index contributed by atoms with van der Waals surface area (Å²) in [6.07, 6.45) is 4.70. The molecule has 30 heavy (non-hydrogen) atoms. The molecule has 0 radical (unpaired) electrons. The van der Waals surface area contributed by atoms with Crippen molar-refractivity contribution in [3.63, 3.8) is 0 Å². The van der Waals surface area contributed by atoms with Gasteiger partial charge in [-0.25, -0.2) is 0 Å². The molecule has 0 amide bonds. The zero-order valence-corrected chi connectivity index (χ0v) is 17.8. The molecule has 1 N–H and O–H groups in total. The van der Waals surface area contributed by atoms with Gasteiger partial charge in [-0.3, -0.25) is 14.4 Å². The van der Waals surface area contributed by atoms with E-state index in [4.69, 9.17) is 0 Å². The zero-order valence-electron chi connectivity index (χ0n) is 17.8. The van der Waals surface area contributed by atoms with E-state index in [1.165, 1.54) is 0 Å². The summed E-state index contributed by atoms with van der Waals surface area (Å²) < 4.78 is 0. The SMILES string of the molecule is C=C1CCCCCC(=O)C2=C(C1=O)C(c1ccccc1)C1=C(CC(C)(C)CC1=O)N2. The molecule has 1 aliphatic heterocycles. The number of dihydropyridines is 1. The number of rotatable bonds is 1. The van der Waals surface area contributed by atoms with Crippen molar-refractivity contribution in [3.05, 3.63) is 70.6 Å². The van der Waals surface area contributed by atoms with E-state index in [1.54, 1.807) is 0 Å². The summed E-state index contributed by atoms with van der Waals surface area (Å²) in [5.74, 6) is -0.701. The van der Waals surface area contributed by atoms with E-state index in [0.717, 1.165) is 30.5 Å². The molecule has 0 spiro atoms. The molecule has 0 saturated carbocycles. The maximum Gasteiger partial charge on any atom is 0.187 e. The first-order valence-corrected chi connectivity index (χ1v) is 10.9. The molecule has 1 aromatic rings. The molecule has 1 atom stereocenters. The smallest absolute Gasteiger partial charge is 0.187 e. The number of benzene rings is 1. The summed E-state index contributed by atoms with van der Waals surface area (Å²) in [6, 6.07) is 9.63. The summed E-state index contributed by atoms with van der Waals surface area (Å²) in [4.78, 5) is 40.1. The van der Waals surface area contributed by atoms with Crippen molar-refractivity contribution >= 4 is 17.3 Å². The van der Waals surface area contributed by atoms with Crippen molar-refractivity contribution in [1.82, 2.24) is 5.32 Å². The highest BCUT2D eigenvalue weighted by molar-refractivity contribution is 6.17. The monoisotopic (exact) mass is 403 g/mol. The predicted molar refractivity (Wildman–Crippen MR) is 117 cm³/mol. The third kappa shape index (κ3) is 3.71. The van der Waals surface area contributed by atoms with E-state index in [0.29, 0.717) is 48.1 Å². The van der Waals surface area contributed by atoms with Crippen LogP contribution in [0, 0.1) is 5.41 Å². The Labute approximate surface area is 178 Å². The van der Waals surface area contributed by atoms with Crippen molar-refractivity contribution < 1.29 is 14.4 Å². The molecule has 1 unspecified atom stereocenters. The Morgan fingerprint density at radius 2 is 1.60 bits per heavy atom. The summed E-state index contributed by atoms with van der Waals surface area (Å²) in [5, 5.41) is 3.29. The van der Waals surface area contributed by atoms with Gasteiger partial charge in [0.05, 0.1) is 5.70 Å². The quantitative estimate of drug-likeness (QED) is 0.676. The number of nitrogens with one attached hydrogen (secondary N) is 1. The molecule has 0 saturated heterocycles. The van der Waals surface area contributed by atoms with Crippen LogP contribution >= 0.6 is 0 Å². The van der Waals surface area contributed by atoms with Gasteiger partial charge in [0, 0.05) is 35.6 Å². The Morgan fingerprint density at radius 3 is 2.33 bits per heavy atom. The summed E-state index contributed by atoms with van der Waals surface area (Å²) in [7, 11) is 0. The van der Waals surface area contributed by atoms with Gasteiger partial charge in [0.2, 0.25) is 0 Å². The Kier molecular flexibility index (Phi) is 5.35. The number of ketones is 3. The summed E-state index contributed by atoms with van der Waals surface area (Å²) in [6.45, 7) is 8.17. The van der Waals surface area contributed by atoms with Crippen LogP contribution in [-0.4, -0.2) is 17.3 Å². The molecule has 1 heterocycles. The average molecular weight is 404 g/mol. The van der Waals surface area contributed by atoms with E-state index in [-0.39, 0.29) is 22.8 Å². The van der Waals surface area contributed by atoms with Crippen molar-refractivity contribution in [2.24, 2.45) is 5.41 Å². The third-order valence-electron chi connectivity index (χ3n) is 6.40. The van der Waals surface area contributed by atoms with Crippen LogP contribution in [0.5, 0.6) is 0 Å². The Hall–Kier alpha value is -2.75. The second-order valence-electron chi connectivity index (χ2n) is 9.51. The molecule has 0 fully saturated rings. The van der Waals surface area contributed by atoms with Crippen LogP contribution in [0.1, 0.15) is 70.3 Å². The lowest BCUT2D eigenvalue weighted by molar-refractivity contribution is -0.119. The first-order chi connectivity index (χ1) is 14.3. The van der Waals surface area contributed by atoms with Crippen molar-refractivity contribution in [2.75, 3.05) is 0 Å². The molecule has 1 aromatic carbocycles. The molecule has 3 aliphatic rings. The minimum absolute atomic E-state index is 0.0450. The van der Waals surface area contributed by atoms with Gasteiger partial charge in [-0.1, -0.05) is 57.2 Å². The molecular formula is C26H29NO3. The fraction of sp³-hybridized carbons (Fsp3) is 0.423. The molecule has 156 valence electrons. The maximum absolute atomic E-state index is 13.6. The number of allylic oxidation sites excluding steroid dienone is 5. The fourth-order valence-corrected chi connectivity index (χ4v) is 4.96. The largest absolute Gasteiger partial charge is 0.355 e. The number of carbonyl (C=O) groups excluding carboxylic acids is 3. The number of carbonyl (C=O) groups is 3. The van der Waals surface area contributed by atoms with E-state index in [2.05, 4.69) is 25.7 Å². The van der Waals surface area contributed by atoms with Gasteiger partial charge in [0.15, 0.2) is 17.3 Å². The number of hydrogen-bond donors (Lipinski definition) is 1. The van der Waals surface area contributed by atoms with E-state index >= 15 is 0 Å². The van der Waals surface area contributed by atoms with Crippen LogP contribution in [-0.2, 0) is 14.4 Å². The standard InChI is InChI=1S/C26H29NO3/c1-16-10-6-4-9-13-19(28)24-23(25(16)30)21(17-11-7-5-8-12-17)22-18(27-24)14-26(2,3)15-20(22)29/h5,7-8,11-12,21,27H,1,4,6,9-10,13-15H2,2-3H3. The van der Waals surface area contributed by atoms with Crippen LogP contribution in [0.25, 0.3) is 0 Å². The molecule has 4 heteroatoms. The lowest BCUT2D eigenvalue weighted by atomic mass is 9.67. The Bertz CT molecular complexity index is 994. The van der Waals surface area contributed by atoms with Crippen molar-refractivity contribution in [2.45, 2.75) is 64.7 Å². The molecule has 4 rings (SSSR count). The lowest BCUT2D eigenvalue weighted by Crippen LogP contribution is -2.41. The van der Waals surface area contributed by atoms with Gasteiger partial charge in [-0.15, -0.1) is 0 Å². The average Bonchev–Trinajstić information content (AvgIpc) is 2.70. The second-order valence-corrected chi connectivity index (χ2v) is 9.51. The van der Waals surface area contributed by atoms with Crippen molar-refractivity contribution in [3.8, 4) is 0 Å². The Balaban J connectivity index is 1.95. The van der Waals surface area contributed by atoms with Gasteiger partial charge in [0.25, 0.3) is 0 Å². The highest BCUT2D eigenvalue weighted by Crippen LogP contribution is 2.47.